The molecule has 8 nitrogen and oxygen atoms in total. The number of sulfonamides is 1. The van der Waals surface area contributed by atoms with Gasteiger partial charge in [-0.3, -0.25) is 19.9 Å². The molecule has 1 amide bonds. The Kier molecular flexibility index (Phi) is 4.91. The van der Waals surface area contributed by atoms with E-state index in [1.165, 1.54) is 11.7 Å². The van der Waals surface area contributed by atoms with Crippen LogP contribution in [0.5, 0.6) is 0 Å². The molecule has 0 aliphatic carbocycles. The highest BCUT2D eigenvalue weighted by Crippen LogP contribution is 2.22. The normalized spacial score (nSPS) is 11.0. The standard InChI is InChI=1S/C12H12FN5O3S2/c13-8-3-7(23(20,21)18-12-5-16-6-22-12)1-2-9(8)17-11(19)4-10(14)15/h1-3,5-6,18H,4H2,(H3,14,15)(H,17,19). The number of thiazole rings is 1. The summed E-state index contributed by atoms with van der Waals surface area (Å²) < 4.78 is 40.4. The van der Waals surface area contributed by atoms with E-state index in [0.29, 0.717) is 5.00 Å². The van der Waals surface area contributed by atoms with Crippen LogP contribution in [0.3, 0.4) is 0 Å². The Morgan fingerprint density at radius 1 is 1.43 bits per heavy atom. The van der Waals surface area contributed by atoms with Gasteiger partial charge in [0.1, 0.15) is 16.7 Å². The minimum atomic E-state index is -3.96. The molecule has 0 unspecified atom stereocenters. The molecule has 2 aromatic rings. The first-order valence-electron chi connectivity index (χ1n) is 6.11. The van der Waals surface area contributed by atoms with Crippen LogP contribution >= 0.6 is 11.3 Å². The molecule has 2 rings (SSSR count). The highest BCUT2D eigenvalue weighted by Gasteiger charge is 2.18. The third-order valence-electron chi connectivity index (χ3n) is 2.54. The molecule has 0 atom stereocenters. The van der Waals surface area contributed by atoms with E-state index in [4.69, 9.17) is 11.1 Å². The van der Waals surface area contributed by atoms with Crippen LogP contribution in [-0.2, 0) is 14.8 Å². The van der Waals surface area contributed by atoms with Crippen molar-refractivity contribution < 1.29 is 17.6 Å². The molecule has 5 N–H and O–H groups in total. The van der Waals surface area contributed by atoms with E-state index in [0.717, 1.165) is 29.5 Å². The van der Waals surface area contributed by atoms with Crippen molar-refractivity contribution in [2.75, 3.05) is 10.0 Å². The van der Waals surface area contributed by atoms with Crippen molar-refractivity contribution in [2.24, 2.45) is 5.73 Å². The van der Waals surface area contributed by atoms with Crippen LogP contribution in [0, 0.1) is 11.2 Å². The zero-order valence-corrected chi connectivity index (χ0v) is 13.2. The fraction of sp³-hybridized carbons (Fsp3) is 0.0833. The summed E-state index contributed by atoms with van der Waals surface area (Å²) in [6, 6.07) is 3.05. The average Bonchev–Trinajstić information content (AvgIpc) is 2.92. The number of amidine groups is 1. The van der Waals surface area contributed by atoms with E-state index in [9.17, 15) is 17.6 Å². The van der Waals surface area contributed by atoms with E-state index < -0.39 is 21.7 Å². The maximum absolute atomic E-state index is 14.0. The first-order chi connectivity index (χ1) is 10.8. The maximum Gasteiger partial charge on any atom is 0.262 e. The summed E-state index contributed by atoms with van der Waals surface area (Å²) >= 11 is 1.08. The quantitative estimate of drug-likeness (QED) is 0.456. The second-order valence-corrected chi connectivity index (χ2v) is 6.93. The second-order valence-electron chi connectivity index (χ2n) is 4.36. The van der Waals surface area contributed by atoms with Crippen LogP contribution in [0.1, 0.15) is 6.42 Å². The lowest BCUT2D eigenvalue weighted by Crippen LogP contribution is -2.21. The second kappa shape index (κ2) is 6.71. The lowest BCUT2D eigenvalue weighted by atomic mass is 10.3. The molecule has 1 heterocycles. The molecule has 122 valence electrons. The predicted octanol–water partition coefficient (Wildman–Crippen LogP) is 1.35. The van der Waals surface area contributed by atoms with Gasteiger partial charge in [0.15, 0.2) is 0 Å². The Hall–Kier alpha value is -2.53. The summed E-state index contributed by atoms with van der Waals surface area (Å²) in [5.41, 5.74) is 6.32. The van der Waals surface area contributed by atoms with E-state index >= 15 is 0 Å². The molecule has 0 saturated carbocycles. The van der Waals surface area contributed by atoms with Crippen LogP contribution < -0.4 is 15.8 Å². The number of nitrogens with one attached hydrogen (secondary N) is 3. The van der Waals surface area contributed by atoms with Crippen molar-refractivity contribution in [1.82, 2.24) is 4.98 Å². The number of amides is 1. The largest absolute Gasteiger partial charge is 0.387 e. The highest BCUT2D eigenvalue weighted by atomic mass is 32.2. The Morgan fingerprint density at radius 2 is 2.17 bits per heavy atom. The molecule has 0 aliphatic heterocycles. The van der Waals surface area contributed by atoms with Crippen LogP contribution in [-0.4, -0.2) is 25.1 Å². The molecule has 0 fully saturated rings. The van der Waals surface area contributed by atoms with Gasteiger partial charge in [-0.1, -0.05) is 0 Å². The van der Waals surface area contributed by atoms with Gasteiger partial charge in [0, 0.05) is 0 Å². The molecular formula is C12H12FN5O3S2. The predicted molar refractivity (Wildman–Crippen MR) is 84.5 cm³/mol. The number of aromatic nitrogens is 1. The number of anilines is 2. The topological polar surface area (TPSA) is 138 Å². The van der Waals surface area contributed by atoms with Gasteiger partial charge in [0.25, 0.3) is 10.0 Å². The first kappa shape index (κ1) is 16.8. The first-order valence-corrected chi connectivity index (χ1v) is 8.48. The molecule has 0 radical (unpaired) electrons. The van der Waals surface area contributed by atoms with Gasteiger partial charge in [-0.15, -0.1) is 11.3 Å². The molecule has 0 spiro atoms. The molecular weight excluding hydrogens is 345 g/mol. The average molecular weight is 357 g/mol. The van der Waals surface area contributed by atoms with Crippen LogP contribution in [0.2, 0.25) is 0 Å². The van der Waals surface area contributed by atoms with Crippen molar-refractivity contribution in [1.29, 1.82) is 5.41 Å². The zero-order valence-electron chi connectivity index (χ0n) is 11.5. The number of halogens is 1. The summed E-state index contributed by atoms with van der Waals surface area (Å²) in [5.74, 6) is -1.96. The molecule has 0 bridgehead atoms. The SMILES string of the molecule is N=C(N)CC(=O)Nc1ccc(S(=O)(=O)Nc2cncs2)cc1F. The minimum Gasteiger partial charge on any atom is -0.387 e. The summed E-state index contributed by atoms with van der Waals surface area (Å²) in [6.07, 6.45) is 0.946. The Bertz CT molecular complexity index is 836. The highest BCUT2D eigenvalue weighted by molar-refractivity contribution is 7.93. The maximum atomic E-state index is 14.0. The molecule has 1 aromatic heterocycles. The molecule has 23 heavy (non-hydrogen) atoms. The number of hydrogen-bond acceptors (Lipinski definition) is 6. The van der Waals surface area contributed by atoms with Crippen molar-refractivity contribution in [3.8, 4) is 0 Å². The number of nitrogens with two attached hydrogens (primary N) is 1. The molecule has 11 heteroatoms. The number of hydrogen-bond donors (Lipinski definition) is 4. The summed E-state index contributed by atoms with van der Waals surface area (Å²) in [7, 11) is -3.96. The van der Waals surface area contributed by atoms with Crippen molar-refractivity contribution >= 4 is 43.8 Å². The van der Waals surface area contributed by atoms with Gasteiger partial charge < -0.3 is 11.1 Å². The monoisotopic (exact) mass is 357 g/mol. The fourth-order valence-corrected chi connectivity index (χ4v) is 3.41. The summed E-state index contributed by atoms with van der Waals surface area (Å²) in [6.45, 7) is 0. The van der Waals surface area contributed by atoms with E-state index in [1.54, 1.807) is 0 Å². The Balaban J connectivity index is 2.18. The van der Waals surface area contributed by atoms with Crippen LogP contribution in [0.25, 0.3) is 0 Å². The third-order valence-corrected chi connectivity index (χ3v) is 4.72. The third kappa shape index (κ3) is 4.47. The van der Waals surface area contributed by atoms with Gasteiger partial charge in [-0.2, -0.15) is 0 Å². The number of nitrogens with zero attached hydrogens (tertiary/aromatic N) is 1. The van der Waals surface area contributed by atoms with E-state index in [2.05, 4.69) is 15.0 Å². The Labute approximate surface area is 135 Å². The zero-order chi connectivity index (χ0) is 17.0. The fourth-order valence-electron chi connectivity index (χ4n) is 1.59. The van der Waals surface area contributed by atoms with Gasteiger partial charge in [-0.05, 0) is 18.2 Å². The number of benzene rings is 1. The van der Waals surface area contributed by atoms with Crippen molar-refractivity contribution in [3.63, 3.8) is 0 Å². The summed E-state index contributed by atoms with van der Waals surface area (Å²) in [4.78, 5) is 14.9. The van der Waals surface area contributed by atoms with Crippen molar-refractivity contribution in [3.05, 3.63) is 35.7 Å². The van der Waals surface area contributed by atoms with E-state index in [1.807, 2.05) is 0 Å². The van der Waals surface area contributed by atoms with Gasteiger partial charge in [-0.25, -0.2) is 12.8 Å². The lowest BCUT2D eigenvalue weighted by molar-refractivity contribution is -0.115. The van der Waals surface area contributed by atoms with Gasteiger partial charge in [0.05, 0.1) is 28.7 Å². The van der Waals surface area contributed by atoms with Crippen LogP contribution in [0.15, 0.2) is 34.8 Å². The lowest BCUT2D eigenvalue weighted by Gasteiger charge is -2.09. The van der Waals surface area contributed by atoms with Crippen LogP contribution in [0.4, 0.5) is 15.1 Å². The number of carbonyl (C=O) groups excluding carboxylic acids is 1. The Morgan fingerprint density at radius 3 is 2.74 bits per heavy atom. The smallest absolute Gasteiger partial charge is 0.262 e. The van der Waals surface area contributed by atoms with Gasteiger partial charge >= 0.3 is 0 Å². The van der Waals surface area contributed by atoms with Crippen molar-refractivity contribution in [2.45, 2.75) is 11.3 Å². The number of rotatable bonds is 6. The van der Waals surface area contributed by atoms with E-state index in [-0.39, 0.29) is 22.8 Å². The minimum absolute atomic E-state index is 0.201. The molecule has 0 saturated heterocycles. The molecule has 0 aliphatic rings. The molecule has 1 aromatic carbocycles. The van der Waals surface area contributed by atoms with Gasteiger partial charge in [0.2, 0.25) is 5.91 Å². The summed E-state index contributed by atoms with van der Waals surface area (Å²) in [5, 5.41) is 9.49. The number of carbonyl (C=O) groups is 1.